The molecule has 2 aromatic carbocycles. The molecule has 2 rings (SSSR count). The highest BCUT2D eigenvalue weighted by atomic mass is 32.2. The minimum absolute atomic E-state index is 0.906. The van der Waals surface area contributed by atoms with E-state index in [-0.39, 0.29) is 0 Å². The minimum atomic E-state index is 0.906. The Kier molecular flexibility index (Phi) is 5.30. The summed E-state index contributed by atoms with van der Waals surface area (Å²) < 4.78 is 6.34. The van der Waals surface area contributed by atoms with Crippen molar-refractivity contribution in [3.05, 3.63) is 57.6 Å². The van der Waals surface area contributed by atoms with Gasteiger partial charge in [-0.15, -0.1) is 0 Å². The van der Waals surface area contributed by atoms with Gasteiger partial charge in [-0.1, -0.05) is 41.7 Å². The van der Waals surface area contributed by atoms with E-state index in [1.165, 1.54) is 21.6 Å². The quantitative estimate of drug-likeness (QED) is 0.527. The summed E-state index contributed by atoms with van der Waals surface area (Å²) in [5.41, 5.74) is 7.20. The molecule has 0 aliphatic rings. The average molecular weight is 331 g/mol. The van der Waals surface area contributed by atoms with E-state index in [2.05, 4.69) is 58.9 Å². The number of hydrogen-bond acceptors (Lipinski definition) is 3. The van der Waals surface area contributed by atoms with Crippen molar-refractivity contribution in [2.75, 3.05) is 7.11 Å². The molecule has 0 radical (unpaired) electrons. The van der Waals surface area contributed by atoms with Gasteiger partial charge < -0.3 is 4.74 Å². The lowest BCUT2D eigenvalue weighted by Gasteiger charge is -2.14. The van der Waals surface area contributed by atoms with Crippen LogP contribution in [0.5, 0.6) is 5.75 Å². The van der Waals surface area contributed by atoms with Gasteiger partial charge in [-0.3, -0.25) is 0 Å². The Morgan fingerprint density at radius 3 is 1.82 bits per heavy atom. The SMILES string of the molecule is COc1c(C)cc(C(=S)Sc2c(C)cc(C)cc2C)cc1C. The zero-order valence-electron chi connectivity index (χ0n) is 14.0. The van der Waals surface area contributed by atoms with E-state index in [1.54, 1.807) is 18.9 Å². The fourth-order valence-electron chi connectivity index (χ4n) is 2.87. The third-order valence-electron chi connectivity index (χ3n) is 3.70. The molecule has 0 N–H and O–H groups in total. The van der Waals surface area contributed by atoms with Crippen LogP contribution in [-0.4, -0.2) is 11.3 Å². The Hall–Kier alpha value is -1.32. The lowest BCUT2D eigenvalue weighted by atomic mass is 10.1. The summed E-state index contributed by atoms with van der Waals surface area (Å²) in [5.74, 6) is 0.944. The van der Waals surface area contributed by atoms with Crippen LogP contribution < -0.4 is 4.74 Å². The number of methoxy groups -OCH3 is 1. The van der Waals surface area contributed by atoms with Gasteiger partial charge in [-0.05, 0) is 69.0 Å². The molecular weight excluding hydrogens is 308 g/mol. The molecule has 0 atom stereocenters. The van der Waals surface area contributed by atoms with E-state index >= 15 is 0 Å². The zero-order chi connectivity index (χ0) is 16.4. The molecule has 2 aromatic rings. The van der Waals surface area contributed by atoms with Gasteiger partial charge in [0.05, 0.1) is 11.3 Å². The highest BCUT2D eigenvalue weighted by molar-refractivity contribution is 8.23. The summed E-state index contributed by atoms with van der Waals surface area (Å²) in [7, 11) is 1.71. The molecule has 0 saturated heterocycles. The number of benzene rings is 2. The zero-order valence-corrected chi connectivity index (χ0v) is 15.7. The first-order valence-corrected chi connectivity index (χ1v) is 8.51. The molecule has 0 bridgehead atoms. The summed E-state index contributed by atoms with van der Waals surface area (Å²) >= 11 is 7.36. The number of ether oxygens (including phenoxy) is 1. The van der Waals surface area contributed by atoms with E-state index in [1.807, 2.05) is 0 Å². The van der Waals surface area contributed by atoms with E-state index < -0.39 is 0 Å². The minimum Gasteiger partial charge on any atom is -0.496 e. The summed E-state index contributed by atoms with van der Waals surface area (Å²) in [6.07, 6.45) is 0. The molecular formula is C19H22OS2. The Morgan fingerprint density at radius 1 is 0.864 bits per heavy atom. The van der Waals surface area contributed by atoms with Crippen molar-refractivity contribution >= 4 is 28.2 Å². The predicted molar refractivity (Wildman–Crippen MR) is 101 cm³/mol. The van der Waals surface area contributed by atoms with E-state index in [9.17, 15) is 0 Å². The number of thioether (sulfide) groups is 1. The number of aryl methyl sites for hydroxylation is 5. The molecule has 0 fully saturated rings. The Labute approximate surface area is 143 Å². The van der Waals surface area contributed by atoms with Crippen LogP contribution in [0.2, 0.25) is 0 Å². The van der Waals surface area contributed by atoms with Crippen LogP contribution >= 0.6 is 24.0 Å². The standard InChI is InChI=1S/C19H22OS2/c1-11-7-14(4)18(15(5)8-11)22-19(21)16-9-12(2)17(20-6)13(3)10-16/h7-10H,1-6H3. The van der Waals surface area contributed by atoms with Crippen LogP contribution in [0, 0.1) is 34.6 Å². The van der Waals surface area contributed by atoms with Crippen molar-refractivity contribution in [2.24, 2.45) is 0 Å². The van der Waals surface area contributed by atoms with Crippen LogP contribution in [-0.2, 0) is 0 Å². The molecule has 0 unspecified atom stereocenters. The van der Waals surface area contributed by atoms with Gasteiger partial charge in [0, 0.05) is 10.5 Å². The first kappa shape index (κ1) is 17.0. The average Bonchev–Trinajstić information content (AvgIpc) is 2.42. The molecule has 0 aliphatic heterocycles. The van der Waals surface area contributed by atoms with Gasteiger partial charge in [0.1, 0.15) is 5.75 Å². The maximum atomic E-state index is 5.68. The van der Waals surface area contributed by atoms with Crippen molar-refractivity contribution < 1.29 is 4.74 Å². The Morgan fingerprint density at radius 2 is 1.36 bits per heavy atom. The molecule has 0 heterocycles. The van der Waals surface area contributed by atoms with Crippen LogP contribution in [0.25, 0.3) is 0 Å². The molecule has 22 heavy (non-hydrogen) atoms. The van der Waals surface area contributed by atoms with E-state index in [4.69, 9.17) is 17.0 Å². The lowest BCUT2D eigenvalue weighted by Crippen LogP contribution is -1.99. The molecule has 0 saturated carbocycles. The summed E-state index contributed by atoms with van der Waals surface area (Å²) in [6.45, 7) is 10.5. The van der Waals surface area contributed by atoms with Gasteiger partial charge in [0.2, 0.25) is 0 Å². The molecule has 0 amide bonds. The first-order valence-electron chi connectivity index (χ1n) is 7.28. The van der Waals surface area contributed by atoms with Gasteiger partial charge in [0.25, 0.3) is 0 Å². The van der Waals surface area contributed by atoms with Crippen molar-refractivity contribution in [3.63, 3.8) is 0 Å². The van der Waals surface area contributed by atoms with Gasteiger partial charge in [-0.25, -0.2) is 0 Å². The fourth-order valence-corrected chi connectivity index (χ4v) is 4.10. The fraction of sp³-hybridized carbons (Fsp3) is 0.316. The second-order valence-electron chi connectivity index (χ2n) is 5.76. The molecule has 0 aliphatic carbocycles. The van der Waals surface area contributed by atoms with Gasteiger partial charge >= 0.3 is 0 Å². The van der Waals surface area contributed by atoms with Gasteiger partial charge in [0.15, 0.2) is 0 Å². The third-order valence-corrected chi connectivity index (χ3v) is 5.45. The largest absolute Gasteiger partial charge is 0.496 e. The van der Waals surface area contributed by atoms with Crippen LogP contribution in [0.15, 0.2) is 29.2 Å². The van der Waals surface area contributed by atoms with Crippen LogP contribution in [0.4, 0.5) is 0 Å². The topological polar surface area (TPSA) is 9.23 Å². The smallest absolute Gasteiger partial charge is 0.124 e. The number of rotatable bonds is 3. The molecule has 3 heteroatoms. The summed E-state index contributed by atoms with van der Waals surface area (Å²) in [6, 6.07) is 8.64. The predicted octanol–water partition coefficient (Wildman–Crippen LogP) is 5.71. The Balaban J connectivity index is 2.34. The van der Waals surface area contributed by atoms with E-state index in [0.29, 0.717) is 0 Å². The van der Waals surface area contributed by atoms with Crippen LogP contribution in [0.1, 0.15) is 33.4 Å². The Bertz CT molecular complexity index is 686. The van der Waals surface area contributed by atoms with Gasteiger partial charge in [-0.2, -0.15) is 0 Å². The van der Waals surface area contributed by atoms with Crippen molar-refractivity contribution in [2.45, 2.75) is 39.5 Å². The highest BCUT2D eigenvalue weighted by Crippen LogP contribution is 2.33. The van der Waals surface area contributed by atoms with Crippen LogP contribution in [0.3, 0.4) is 0 Å². The number of hydrogen-bond donors (Lipinski definition) is 0. The molecule has 1 nitrogen and oxygen atoms in total. The third kappa shape index (κ3) is 3.53. The van der Waals surface area contributed by atoms with Crippen molar-refractivity contribution in [1.29, 1.82) is 0 Å². The normalized spacial score (nSPS) is 10.6. The van der Waals surface area contributed by atoms with Crippen molar-refractivity contribution in [3.8, 4) is 5.75 Å². The number of thiocarbonyl (C=S) groups is 1. The lowest BCUT2D eigenvalue weighted by molar-refractivity contribution is 0.408. The molecule has 0 aromatic heterocycles. The van der Waals surface area contributed by atoms with E-state index in [0.717, 1.165) is 26.6 Å². The maximum Gasteiger partial charge on any atom is 0.124 e. The summed E-state index contributed by atoms with van der Waals surface area (Å²) in [5, 5.41) is 0. The van der Waals surface area contributed by atoms with Crippen molar-refractivity contribution in [1.82, 2.24) is 0 Å². The molecule has 0 spiro atoms. The molecule has 116 valence electrons. The summed E-state index contributed by atoms with van der Waals surface area (Å²) in [4.78, 5) is 1.27. The maximum absolute atomic E-state index is 5.68. The second kappa shape index (κ2) is 6.84. The first-order chi connectivity index (χ1) is 10.3. The highest BCUT2D eigenvalue weighted by Gasteiger charge is 2.12. The second-order valence-corrected chi connectivity index (χ2v) is 7.45. The monoisotopic (exact) mass is 330 g/mol.